The van der Waals surface area contributed by atoms with Crippen molar-refractivity contribution in [2.24, 2.45) is 5.73 Å². The molecule has 0 bridgehead atoms. The molecule has 0 spiro atoms. The number of benzene rings is 1. The van der Waals surface area contributed by atoms with Crippen LogP contribution < -0.4 is 5.73 Å². The lowest BCUT2D eigenvalue weighted by atomic mass is 10.1. The van der Waals surface area contributed by atoms with Crippen LogP contribution in [0.4, 0.5) is 0 Å². The summed E-state index contributed by atoms with van der Waals surface area (Å²) in [6.07, 6.45) is 1.83. The van der Waals surface area contributed by atoms with Gasteiger partial charge < -0.3 is 5.73 Å². The van der Waals surface area contributed by atoms with Gasteiger partial charge in [0.05, 0.1) is 11.7 Å². The van der Waals surface area contributed by atoms with E-state index in [4.69, 9.17) is 10.7 Å². The quantitative estimate of drug-likeness (QED) is 0.783. The number of rotatable bonds is 2. The van der Waals surface area contributed by atoms with Gasteiger partial charge in [0.2, 0.25) is 0 Å². The Labute approximate surface area is 124 Å². The van der Waals surface area contributed by atoms with Crippen LogP contribution in [0.2, 0.25) is 0 Å². The van der Waals surface area contributed by atoms with Crippen LogP contribution in [0, 0.1) is 20.8 Å². The molecule has 2 N–H and O–H groups in total. The molecule has 0 aliphatic carbocycles. The van der Waals surface area contributed by atoms with Crippen molar-refractivity contribution in [3.63, 3.8) is 0 Å². The molecule has 0 aliphatic heterocycles. The number of aromatic nitrogens is 3. The summed E-state index contributed by atoms with van der Waals surface area (Å²) in [4.78, 5) is 4.80. The Morgan fingerprint density at radius 2 is 1.90 bits per heavy atom. The molecule has 0 aliphatic rings. The van der Waals surface area contributed by atoms with Crippen molar-refractivity contribution in [2.75, 3.05) is 0 Å². The molecule has 3 aromatic rings. The molecule has 0 amide bonds. The van der Waals surface area contributed by atoms with Crippen LogP contribution in [0.3, 0.4) is 0 Å². The fourth-order valence-corrected chi connectivity index (χ4v) is 2.75. The predicted octanol–water partition coefficient (Wildman–Crippen LogP) is 3.37. The molecule has 21 heavy (non-hydrogen) atoms. The summed E-state index contributed by atoms with van der Waals surface area (Å²) in [6.45, 7) is 8.20. The number of aryl methyl sites for hydroxylation is 2. The number of nitrogens with zero attached hydrogens (tertiary/aromatic N) is 3. The minimum Gasteiger partial charge on any atom is -0.324 e. The highest BCUT2D eigenvalue weighted by Crippen LogP contribution is 2.24. The van der Waals surface area contributed by atoms with Crippen LogP contribution >= 0.6 is 0 Å². The fourth-order valence-electron chi connectivity index (χ4n) is 2.75. The molecule has 0 radical (unpaired) electrons. The van der Waals surface area contributed by atoms with Gasteiger partial charge >= 0.3 is 0 Å². The van der Waals surface area contributed by atoms with E-state index in [1.165, 1.54) is 16.5 Å². The molecule has 0 saturated carbocycles. The minimum absolute atomic E-state index is 0.0259. The van der Waals surface area contributed by atoms with Crippen LogP contribution in [0.5, 0.6) is 0 Å². The average molecular weight is 280 g/mol. The van der Waals surface area contributed by atoms with E-state index in [-0.39, 0.29) is 6.04 Å². The summed E-state index contributed by atoms with van der Waals surface area (Å²) in [5.41, 5.74) is 11.5. The van der Waals surface area contributed by atoms with E-state index >= 15 is 0 Å². The highest BCUT2D eigenvalue weighted by molar-refractivity contribution is 5.85. The second-order valence-corrected chi connectivity index (χ2v) is 5.65. The number of hydrogen-bond donors (Lipinski definition) is 1. The fraction of sp³-hybridized carbons (Fsp3) is 0.294. The molecule has 1 atom stereocenters. The van der Waals surface area contributed by atoms with Gasteiger partial charge in [0.1, 0.15) is 0 Å². The Morgan fingerprint density at radius 1 is 1.14 bits per heavy atom. The maximum absolute atomic E-state index is 5.98. The van der Waals surface area contributed by atoms with E-state index in [0.717, 1.165) is 22.6 Å². The summed E-state index contributed by atoms with van der Waals surface area (Å²) in [5, 5.41) is 5.65. The predicted molar refractivity (Wildman–Crippen MR) is 85.7 cm³/mol. The molecule has 4 heteroatoms. The third kappa shape index (κ3) is 2.21. The highest BCUT2D eigenvalue weighted by atomic mass is 15.3. The molecule has 108 valence electrons. The van der Waals surface area contributed by atoms with Crippen LogP contribution in [0.1, 0.15) is 35.3 Å². The molecular formula is C17H20N4. The first-order valence-corrected chi connectivity index (χ1v) is 7.16. The van der Waals surface area contributed by atoms with Crippen LogP contribution in [0.25, 0.3) is 16.7 Å². The molecule has 2 aromatic heterocycles. The number of fused-ring (bicyclic) bond motifs is 1. The van der Waals surface area contributed by atoms with Gasteiger partial charge in [-0.15, -0.1) is 0 Å². The minimum atomic E-state index is -0.0259. The maximum atomic E-state index is 5.98. The van der Waals surface area contributed by atoms with Crippen molar-refractivity contribution >= 4 is 10.9 Å². The number of nitrogens with two attached hydrogens (primary N) is 1. The van der Waals surface area contributed by atoms with Gasteiger partial charge in [-0.2, -0.15) is 5.10 Å². The monoisotopic (exact) mass is 280 g/mol. The zero-order chi connectivity index (χ0) is 15.1. The van der Waals surface area contributed by atoms with E-state index in [1.807, 2.05) is 24.7 Å². The zero-order valence-electron chi connectivity index (χ0n) is 12.9. The third-order valence-corrected chi connectivity index (χ3v) is 3.99. The Morgan fingerprint density at radius 3 is 2.57 bits per heavy atom. The Hall–Kier alpha value is -2.20. The molecule has 2 heterocycles. The van der Waals surface area contributed by atoms with Crippen molar-refractivity contribution in [1.29, 1.82) is 0 Å². The normalized spacial score (nSPS) is 12.8. The summed E-state index contributed by atoms with van der Waals surface area (Å²) in [5.74, 6) is 0.846. The summed E-state index contributed by atoms with van der Waals surface area (Å²) < 4.78 is 1.87. The number of hydrogen-bond acceptors (Lipinski definition) is 3. The molecule has 1 aromatic carbocycles. The summed E-state index contributed by atoms with van der Waals surface area (Å²) >= 11 is 0. The van der Waals surface area contributed by atoms with Crippen molar-refractivity contribution in [2.45, 2.75) is 33.7 Å². The molecular weight excluding hydrogens is 260 g/mol. The van der Waals surface area contributed by atoms with Crippen molar-refractivity contribution < 1.29 is 0 Å². The van der Waals surface area contributed by atoms with Gasteiger partial charge in [0.15, 0.2) is 5.82 Å². The molecule has 1 unspecified atom stereocenters. The Balaban J connectivity index is 2.24. The smallest absolute Gasteiger partial charge is 0.154 e. The van der Waals surface area contributed by atoms with Gasteiger partial charge in [0, 0.05) is 22.7 Å². The SMILES string of the molecule is Cc1cc(-n2ncc(C(C)N)c2C)nc2c(C)cccc12. The zero-order valence-corrected chi connectivity index (χ0v) is 12.9. The first-order chi connectivity index (χ1) is 9.99. The summed E-state index contributed by atoms with van der Waals surface area (Å²) in [6, 6.07) is 8.31. The van der Waals surface area contributed by atoms with E-state index < -0.39 is 0 Å². The van der Waals surface area contributed by atoms with Gasteiger partial charge in [0.25, 0.3) is 0 Å². The standard InChI is InChI=1S/C17H20N4/c1-10-6-5-7-14-11(2)8-16(20-17(10)14)21-13(4)15(9-19-21)12(3)18/h5-9,12H,18H2,1-4H3. The number of pyridine rings is 1. The maximum Gasteiger partial charge on any atom is 0.154 e. The largest absolute Gasteiger partial charge is 0.324 e. The lowest BCUT2D eigenvalue weighted by molar-refractivity contribution is 0.788. The molecule has 0 saturated heterocycles. The van der Waals surface area contributed by atoms with Gasteiger partial charge in [-0.25, -0.2) is 9.67 Å². The third-order valence-electron chi connectivity index (χ3n) is 3.99. The second kappa shape index (κ2) is 4.97. The Kier molecular flexibility index (Phi) is 3.26. The van der Waals surface area contributed by atoms with Crippen LogP contribution in [-0.4, -0.2) is 14.8 Å². The second-order valence-electron chi connectivity index (χ2n) is 5.65. The van der Waals surface area contributed by atoms with Gasteiger partial charge in [-0.05, 0) is 44.9 Å². The van der Waals surface area contributed by atoms with Crippen LogP contribution in [0.15, 0.2) is 30.5 Å². The summed E-state index contributed by atoms with van der Waals surface area (Å²) in [7, 11) is 0. The van der Waals surface area contributed by atoms with Crippen molar-refractivity contribution in [1.82, 2.24) is 14.8 Å². The van der Waals surface area contributed by atoms with Crippen LogP contribution in [-0.2, 0) is 0 Å². The average Bonchev–Trinajstić information content (AvgIpc) is 2.82. The van der Waals surface area contributed by atoms with E-state index in [0.29, 0.717) is 0 Å². The lowest BCUT2D eigenvalue weighted by Crippen LogP contribution is -2.08. The first-order valence-electron chi connectivity index (χ1n) is 7.16. The van der Waals surface area contributed by atoms with Crippen molar-refractivity contribution in [3.8, 4) is 5.82 Å². The van der Waals surface area contributed by atoms with E-state index in [2.05, 4.69) is 43.2 Å². The van der Waals surface area contributed by atoms with Crippen molar-refractivity contribution in [3.05, 3.63) is 52.8 Å². The van der Waals surface area contributed by atoms with E-state index in [9.17, 15) is 0 Å². The first kappa shape index (κ1) is 13.8. The van der Waals surface area contributed by atoms with E-state index in [1.54, 1.807) is 0 Å². The topological polar surface area (TPSA) is 56.7 Å². The van der Waals surface area contributed by atoms with Gasteiger partial charge in [-0.1, -0.05) is 18.2 Å². The molecule has 4 nitrogen and oxygen atoms in total. The lowest BCUT2D eigenvalue weighted by Gasteiger charge is -2.10. The molecule has 0 fully saturated rings. The van der Waals surface area contributed by atoms with Gasteiger partial charge in [-0.3, -0.25) is 0 Å². The molecule has 3 rings (SSSR count). The Bertz CT molecular complexity index is 815. The number of para-hydroxylation sites is 1. The highest BCUT2D eigenvalue weighted by Gasteiger charge is 2.13.